The number of nitrogens with zero attached hydrogens (tertiary/aromatic N) is 3. The maximum atomic E-state index is 11.5. The van der Waals surface area contributed by atoms with E-state index in [9.17, 15) is 4.79 Å². The number of aromatic nitrogens is 2. The minimum atomic E-state index is 0.0765. The van der Waals surface area contributed by atoms with E-state index in [2.05, 4.69) is 15.3 Å². The number of benzene rings is 1. The molecule has 3 rings (SSSR count). The Labute approximate surface area is 128 Å². The van der Waals surface area contributed by atoms with Crippen molar-refractivity contribution in [3.05, 3.63) is 40.8 Å². The van der Waals surface area contributed by atoms with Crippen LogP contribution in [0, 0.1) is 6.92 Å². The largest absolute Gasteiger partial charge is 0.340 e. The van der Waals surface area contributed by atoms with E-state index >= 15 is 0 Å². The van der Waals surface area contributed by atoms with Gasteiger partial charge in [0.25, 0.3) is 0 Å². The van der Waals surface area contributed by atoms with Gasteiger partial charge in [-0.05, 0) is 37.1 Å². The molecule has 1 aliphatic heterocycles. The molecular weight excluding hydrogens is 288 g/mol. The van der Waals surface area contributed by atoms with E-state index in [1.165, 1.54) is 0 Å². The molecule has 21 heavy (non-hydrogen) atoms. The molecule has 0 saturated heterocycles. The van der Waals surface area contributed by atoms with Crippen molar-refractivity contribution < 1.29 is 4.79 Å². The summed E-state index contributed by atoms with van der Waals surface area (Å²) in [5.41, 5.74) is 3.07. The molecule has 1 N–H and O–H groups in total. The van der Waals surface area contributed by atoms with Crippen LogP contribution in [-0.2, 0) is 11.2 Å². The van der Waals surface area contributed by atoms with Crippen molar-refractivity contribution in [2.24, 2.45) is 0 Å². The molecule has 2 heterocycles. The average Bonchev–Trinajstić information content (AvgIpc) is 2.80. The lowest BCUT2D eigenvalue weighted by atomic mass is 10.1. The SMILES string of the molecule is CC(=O)N1CCc2cc(Nc3cc(Cl)nc(C)n3)ccc21. The fourth-order valence-corrected chi connectivity index (χ4v) is 2.78. The van der Waals surface area contributed by atoms with Gasteiger partial charge in [-0.1, -0.05) is 11.6 Å². The van der Waals surface area contributed by atoms with Gasteiger partial charge in [0.1, 0.15) is 16.8 Å². The minimum Gasteiger partial charge on any atom is -0.340 e. The third-order valence-electron chi connectivity index (χ3n) is 3.43. The number of aryl methyl sites for hydroxylation is 1. The standard InChI is InChI=1S/C15H15ClN4O/c1-9-17-14(16)8-15(18-9)19-12-3-4-13-11(7-12)5-6-20(13)10(2)21/h3-4,7-8H,5-6H2,1-2H3,(H,17,18,19). The van der Waals surface area contributed by atoms with Crippen molar-refractivity contribution in [2.45, 2.75) is 20.3 Å². The van der Waals surface area contributed by atoms with Crippen LogP contribution in [0.15, 0.2) is 24.3 Å². The molecule has 6 heteroatoms. The van der Waals surface area contributed by atoms with Gasteiger partial charge in [-0.15, -0.1) is 0 Å². The molecule has 1 aliphatic rings. The van der Waals surface area contributed by atoms with E-state index in [1.807, 2.05) is 18.2 Å². The molecule has 2 aromatic rings. The zero-order valence-corrected chi connectivity index (χ0v) is 12.6. The highest BCUT2D eigenvalue weighted by molar-refractivity contribution is 6.29. The zero-order chi connectivity index (χ0) is 15.0. The van der Waals surface area contributed by atoms with E-state index in [0.717, 1.165) is 29.9 Å². The molecule has 5 nitrogen and oxygen atoms in total. The molecule has 0 aliphatic carbocycles. The summed E-state index contributed by atoms with van der Waals surface area (Å²) in [6.45, 7) is 4.13. The molecule has 0 unspecified atom stereocenters. The monoisotopic (exact) mass is 302 g/mol. The number of hydrogen-bond donors (Lipinski definition) is 1. The summed E-state index contributed by atoms with van der Waals surface area (Å²) in [6.07, 6.45) is 0.869. The van der Waals surface area contributed by atoms with Crippen LogP contribution >= 0.6 is 11.6 Å². The first-order chi connectivity index (χ1) is 10.0. The Bertz CT molecular complexity index is 697. The Balaban J connectivity index is 1.87. The normalized spacial score (nSPS) is 13.2. The van der Waals surface area contributed by atoms with Crippen LogP contribution in [0.3, 0.4) is 0 Å². The van der Waals surface area contributed by atoms with E-state index < -0.39 is 0 Å². The van der Waals surface area contributed by atoms with Gasteiger partial charge < -0.3 is 10.2 Å². The molecule has 1 aromatic heterocycles. The van der Waals surface area contributed by atoms with Gasteiger partial charge in [-0.25, -0.2) is 9.97 Å². The summed E-state index contributed by atoms with van der Waals surface area (Å²) < 4.78 is 0. The molecule has 1 amide bonds. The third kappa shape index (κ3) is 2.83. The molecular formula is C15H15ClN4O. The number of hydrogen-bond acceptors (Lipinski definition) is 4. The highest BCUT2D eigenvalue weighted by Crippen LogP contribution is 2.31. The summed E-state index contributed by atoms with van der Waals surface area (Å²) in [4.78, 5) is 21.7. The number of carbonyl (C=O) groups excluding carboxylic acids is 1. The number of rotatable bonds is 2. The van der Waals surface area contributed by atoms with E-state index in [1.54, 1.807) is 24.8 Å². The fraction of sp³-hybridized carbons (Fsp3) is 0.267. The topological polar surface area (TPSA) is 58.1 Å². The number of fused-ring (bicyclic) bond motifs is 1. The molecule has 108 valence electrons. The quantitative estimate of drug-likeness (QED) is 0.866. The molecule has 0 fully saturated rings. The lowest BCUT2D eigenvalue weighted by Crippen LogP contribution is -2.25. The number of halogens is 1. The van der Waals surface area contributed by atoms with Crippen LogP contribution in [0.2, 0.25) is 5.15 Å². The first-order valence-electron chi connectivity index (χ1n) is 6.72. The second-order valence-corrected chi connectivity index (χ2v) is 5.40. The van der Waals surface area contributed by atoms with Crippen LogP contribution in [0.4, 0.5) is 17.2 Å². The second-order valence-electron chi connectivity index (χ2n) is 5.01. The number of carbonyl (C=O) groups is 1. The maximum absolute atomic E-state index is 11.5. The Hall–Kier alpha value is -2.14. The third-order valence-corrected chi connectivity index (χ3v) is 3.63. The van der Waals surface area contributed by atoms with Crippen LogP contribution in [0.5, 0.6) is 0 Å². The summed E-state index contributed by atoms with van der Waals surface area (Å²) in [6, 6.07) is 7.63. The lowest BCUT2D eigenvalue weighted by Gasteiger charge is -2.15. The lowest BCUT2D eigenvalue weighted by molar-refractivity contribution is -0.116. The first-order valence-corrected chi connectivity index (χ1v) is 7.10. The van der Waals surface area contributed by atoms with Gasteiger partial charge in [0, 0.05) is 30.9 Å². The summed E-state index contributed by atoms with van der Waals surface area (Å²) in [5.74, 6) is 1.36. The van der Waals surface area contributed by atoms with E-state index in [-0.39, 0.29) is 5.91 Å². The average molecular weight is 303 g/mol. The predicted molar refractivity (Wildman–Crippen MR) is 83.2 cm³/mol. The summed E-state index contributed by atoms with van der Waals surface area (Å²) in [7, 11) is 0. The summed E-state index contributed by atoms with van der Waals surface area (Å²) in [5, 5.41) is 3.63. The number of anilines is 3. The van der Waals surface area contributed by atoms with Gasteiger partial charge in [-0.2, -0.15) is 0 Å². The van der Waals surface area contributed by atoms with Crippen LogP contribution in [-0.4, -0.2) is 22.4 Å². The molecule has 0 atom stereocenters. The van der Waals surface area contributed by atoms with Crippen LogP contribution in [0.25, 0.3) is 0 Å². The first kappa shape index (κ1) is 13.8. The van der Waals surface area contributed by atoms with Gasteiger partial charge in [0.15, 0.2) is 0 Å². The van der Waals surface area contributed by atoms with Crippen molar-refractivity contribution >= 4 is 34.7 Å². The molecule has 1 aromatic carbocycles. The number of amides is 1. The van der Waals surface area contributed by atoms with Gasteiger partial charge in [0.2, 0.25) is 5.91 Å². The Morgan fingerprint density at radius 2 is 2.14 bits per heavy atom. The van der Waals surface area contributed by atoms with Crippen molar-refractivity contribution in [3.63, 3.8) is 0 Å². The minimum absolute atomic E-state index is 0.0765. The van der Waals surface area contributed by atoms with Crippen LogP contribution < -0.4 is 10.2 Å². The Morgan fingerprint density at radius 3 is 2.86 bits per heavy atom. The van der Waals surface area contributed by atoms with Gasteiger partial charge in [0.05, 0.1) is 0 Å². The predicted octanol–water partition coefficient (Wildman–Crippen LogP) is 3.09. The molecule has 0 bridgehead atoms. The van der Waals surface area contributed by atoms with Crippen LogP contribution in [0.1, 0.15) is 18.3 Å². The molecule has 0 saturated carbocycles. The van der Waals surface area contributed by atoms with Crippen molar-refractivity contribution in [2.75, 3.05) is 16.8 Å². The molecule has 0 radical (unpaired) electrons. The summed E-state index contributed by atoms with van der Waals surface area (Å²) >= 11 is 5.93. The van der Waals surface area contributed by atoms with E-state index in [0.29, 0.717) is 16.8 Å². The highest BCUT2D eigenvalue weighted by atomic mass is 35.5. The molecule has 0 spiro atoms. The fourth-order valence-electron chi connectivity index (χ4n) is 2.55. The van der Waals surface area contributed by atoms with Crippen molar-refractivity contribution in [3.8, 4) is 0 Å². The van der Waals surface area contributed by atoms with E-state index in [4.69, 9.17) is 11.6 Å². The zero-order valence-electron chi connectivity index (χ0n) is 11.9. The van der Waals surface area contributed by atoms with Gasteiger partial charge >= 0.3 is 0 Å². The highest BCUT2D eigenvalue weighted by Gasteiger charge is 2.22. The smallest absolute Gasteiger partial charge is 0.223 e. The second kappa shape index (κ2) is 5.33. The maximum Gasteiger partial charge on any atom is 0.223 e. The number of nitrogens with one attached hydrogen (secondary N) is 1. The van der Waals surface area contributed by atoms with Crippen molar-refractivity contribution in [1.29, 1.82) is 0 Å². The Morgan fingerprint density at radius 1 is 1.33 bits per heavy atom. The Kier molecular flexibility index (Phi) is 3.51. The van der Waals surface area contributed by atoms with Crippen molar-refractivity contribution in [1.82, 2.24) is 9.97 Å². The van der Waals surface area contributed by atoms with Gasteiger partial charge in [-0.3, -0.25) is 4.79 Å².